The molecule has 0 saturated carbocycles. The van der Waals surface area contributed by atoms with Crippen LogP contribution in [0.3, 0.4) is 0 Å². The molecule has 232 valence electrons. The lowest BCUT2D eigenvalue weighted by Crippen LogP contribution is -2.45. The zero-order valence-electron chi connectivity index (χ0n) is 24.2. The maximum atomic E-state index is 13.1. The lowest BCUT2D eigenvalue weighted by atomic mass is 9.95. The third-order valence-corrected chi connectivity index (χ3v) is 6.99. The molecule has 0 fully saturated rings. The van der Waals surface area contributed by atoms with Gasteiger partial charge in [0, 0.05) is 5.70 Å². The van der Waals surface area contributed by atoms with Gasteiger partial charge in [-0.2, -0.15) is 5.10 Å². The average molecular weight is 672 g/mol. The van der Waals surface area contributed by atoms with Crippen LogP contribution in [0.5, 0.6) is 17.2 Å². The normalized spacial score (nSPS) is 15.3. The molecular formula is C31H32BrFN4O7. The first-order chi connectivity index (χ1) is 21.2. The van der Waals surface area contributed by atoms with E-state index in [-0.39, 0.29) is 24.6 Å². The lowest BCUT2D eigenvalue weighted by molar-refractivity contribution is -0.136. The van der Waals surface area contributed by atoms with E-state index >= 15 is 0 Å². The van der Waals surface area contributed by atoms with Crippen LogP contribution in [0.25, 0.3) is 0 Å². The third kappa shape index (κ3) is 8.48. The highest BCUT2D eigenvalue weighted by molar-refractivity contribution is 9.10. The first kappa shape index (κ1) is 32.3. The van der Waals surface area contributed by atoms with Gasteiger partial charge >= 0.3 is 12.0 Å². The van der Waals surface area contributed by atoms with E-state index in [4.69, 9.17) is 18.9 Å². The number of amides is 2. The SMILES string of the molecule is CCOc1cc([C@@H]2NC(=O)NC(C)=C2C(=O)OC)ccc1OC[C@@H](O)N/N=C\c1ccc(OCc2ccc(F)cc2)c(Br)c1. The summed E-state index contributed by atoms with van der Waals surface area (Å²) in [5.41, 5.74) is 5.41. The van der Waals surface area contributed by atoms with Crippen molar-refractivity contribution < 1.29 is 38.0 Å². The second-order valence-corrected chi connectivity index (χ2v) is 10.4. The van der Waals surface area contributed by atoms with Crippen molar-refractivity contribution in [2.45, 2.75) is 32.7 Å². The molecule has 4 rings (SSSR count). The number of aliphatic hydroxyl groups is 1. The number of hydrazone groups is 1. The molecule has 0 aromatic heterocycles. The Morgan fingerprint density at radius 1 is 1.09 bits per heavy atom. The molecule has 4 N–H and O–H groups in total. The van der Waals surface area contributed by atoms with Gasteiger partial charge < -0.3 is 34.7 Å². The number of ether oxygens (including phenoxy) is 4. The lowest BCUT2D eigenvalue weighted by Gasteiger charge is -2.28. The molecule has 0 saturated heterocycles. The minimum absolute atomic E-state index is 0.160. The quantitative estimate of drug-likeness (QED) is 0.0889. The smallest absolute Gasteiger partial charge is 0.337 e. The minimum atomic E-state index is -1.15. The predicted molar refractivity (Wildman–Crippen MR) is 164 cm³/mol. The Balaban J connectivity index is 1.34. The Kier molecular flexibility index (Phi) is 11.2. The summed E-state index contributed by atoms with van der Waals surface area (Å²) in [6, 6.07) is 15.2. The van der Waals surface area contributed by atoms with Gasteiger partial charge in [0.2, 0.25) is 0 Å². The van der Waals surface area contributed by atoms with Crippen LogP contribution < -0.4 is 30.3 Å². The molecule has 11 nitrogen and oxygen atoms in total. The van der Waals surface area contributed by atoms with Crippen LogP contribution >= 0.6 is 15.9 Å². The van der Waals surface area contributed by atoms with Crippen molar-refractivity contribution in [3.8, 4) is 17.2 Å². The number of aliphatic hydroxyl groups excluding tert-OH is 1. The zero-order valence-corrected chi connectivity index (χ0v) is 25.8. The third-order valence-electron chi connectivity index (χ3n) is 6.37. The Hall–Kier alpha value is -4.62. The molecule has 3 aromatic carbocycles. The maximum absolute atomic E-state index is 13.1. The number of carbonyl (C=O) groups excluding carboxylic acids is 2. The number of hydrogen-bond acceptors (Lipinski definition) is 9. The van der Waals surface area contributed by atoms with E-state index in [1.807, 2.05) is 0 Å². The van der Waals surface area contributed by atoms with Gasteiger partial charge in [0.25, 0.3) is 0 Å². The minimum Gasteiger partial charge on any atom is -0.490 e. The molecule has 0 radical (unpaired) electrons. The zero-order chi connectivity index (χ0) is 31.6. The van der Waals surface area contributed by atoms with Crippen molar-refractivity contribution in [2.75, 3.05) is 20.3 Å². The Bertz CT molecular complexity index is 1550. The number of hydrogen-bond donors (Lipinski definition) is 4. The topological polar surface area (TPSA) is 140 Å². The van der Waals surface area contributed by atoms with E-state index < -0.39 is 24.3 Å². The van der Waals surface area contributed by atoms with E-state index in [1.54, 1.807) is 62.4 Å². The Morgan fingerprint density at radius 3 is 2.55 bits per heavy atom. The summed E-state index contributed by atoms with van der Waals surface area (Å²) in [7, 11) is 1.27. The number of benzene rings is 3. The molecule has 0 bridgehead atoms. The van der Waals surface area contributed by atoms with Gasteiger partial charge in [-0.15, -0.1) is 0 Å². The molecule has 3 aromatic rings. The highest BCUT2D eigenvalue weighted by atomic mass is 79.9. The van der Waals surface area contributed by atoms with Crippen molar-refractivity contribution in [1.29, 1.82) is 0 Å². The first-order valence-corrected chi connectivity index (χ1v) is 14.4. The molecule has 2 atom stereocenters. The number of carbonyl (C=O) groups is 2. The van der Waals surface area contributed by atoms with Crippen molar-refractivity contribution in [1.82, 2.24) is 16.1 Å². The average Bonchev–Trinajstić information content (AvgIpc) is 3.00. The Morgan fingerprint density at radius 2 is 1.84 bits per heavy atom. The molecule has 44 heavy (non-hydrogen) atoms. The molecular weight excluding hydrogens is 639 g/mol. The van der Waals surface area contributed by atoms with Gasteiger partial charge in [-0.3, -0.25) is 5.43 Å². The molecule has 13 heteroatoms. The number of nitrogens with one attached hydrogen (secondary N) is 3. The van der Waals surface area contributed by atoms with Crippen LogP contribution in [0.2, 0.25) is 0 Å². The monoisotopic (exact) mass is 670 g/mol. The van der Waals surface area contributed by atoms with Crippen molar-refractivity contribution >= 4 is 34.1 Å². The fourth-order valence-corrected chi connectivity index (χ4v) is 4.79. The number of allylic oxidation sites excluding steroid dienone is 1. The predicted octanol–water partition coefficient (Wildman–Crippen LogP) is 4.69. The van der Waals surface area contributed by atoms with Gasteiger partial charge in [-0.05, 0) is 88.9 Å². The van der Waals surface area contributed by atoms with E-state index in [0.29, 0.717) is 39.6 Å². The standard InChI is InChI=1S/C31H32BrFN4O7/c1-4-42-26-14-21(29-28(30(39)41-3)18(2)35-31(40)36-29)8-12-25(26)44-17-27(38)37-34-15-20-7-11-24(23(32)13-20)43-16-19-5-9-22(33)10-6-19/h5-15,27,29,37-38H,4,16-17H2,1-3H3,(H2,35,36,40)/b34-15-/t27-,29+/m1/s1. The second kappa shape index (κ2) is 15.2. The summed E-state index contributed by atoms with van der Waals surface area (Å²) >= 11 is 3.48. The van der Waals surface area contributed by atoms with Gasteiger partial charge in [0.15, 0.2) is 17.7 Å². The van der Waals surface area contributed by atoms with Crippen LogP contribution in [-0.2, 0) is 16.1 Å². The summed E-state index contributed by atoms with van der Waals surface area (Å²) in [5.74, 6) is 0.441. The highest BCUT2D eigenvalue weighted by Gasteiger charge is 2.32. The number of halogens is 2. The molecule has 0 aliphatic carbocycles. The molecule has 1 heterocycles. The van der Waals surface area contributed by atoms with Gasteiger partial charge in [-0.1, -0.05) is 18.2 Å². The number of urea groups is 1. The maximum Gasteiger partial charge on any atom is 0.337 e. The summed E-state index contributed by atoms with van der Waals surface area (Å²) < 4.78 is 36.0. The van der Waals surface area contributed by atoms with Crippen molar-refractivity contribution in [3.63, 3.8) is 0 Å². The summed E-state index contributed by atoms with van der Waals surface area (Å²) in [4.78, 5) is 24.6. The van der Waals surface area contributed by atoms with E-state index in [9.17, 15) is 19.1 Å². The number of esters is 1. The largest absolute Gasteiger partial charge is 0.490 e. The van der Waals surface area contributed by atoms with Crippen LogP contribution in [-0.4, -0.2) is 49.9 Å². The summed E-state index contributed by atoms with van der Waals surface area (Å²) in [5, 5.41) is 19.8. The molecule has 1 aliphatic heterocycles. The van der Waals surface area contributed by atoms with E-state index in [2.05, 4.69) is 37.1 Å². The van der Waals surface area contributed by atoms with Gasteiger partial charge in [0.05, 0.1) is 36.0 Å². The molecule has 0 spiro atoms. The van der Waals surface area contributed by atoms with E-state index in [0.717, 1.165) is 11.1 Å². The summed E-state index contributed by atoms with van der Waals surface area (Å²) in [6.07, 6.45) is 0.377. The van der Waals surface area contributed by atoms with Crippen molar-refractivity contribution in [2.24, 2.45) is 5.10 Å². The number of rotatable bonds is 13. The number of methoxy groups -OCH3 is 1. The highest BCUT2D eigenvalue weighted by Crippen LogP contribution is 2.35. The number of nitrogens with zero attached hydrogens (tertiary/aromatic N) is 1. The molecule has 2 amide bonds. The fourth-order valence-electron chi connectivity index (χ4n) is 4.28. The molecule has 1 aliphatic rings. The van der Waals surface area contributed by atoms with Crippen LogP contribution in [0.15, 0.2) is 81.5 Å². The first-order valence-electron chi connectivity index (χ1n) is 13.6. The molecule has 0 unspecified atom stereocenters. The van der Waals surface area contributed by atoms with Gasteiger partial charge in [0.1, 0.15) is 24.8 Å². The fraction of sp³-hybridized carbons (Fsp3) is 0.258. The van der Waals surface area contributed by atoms with E-state index in [1.165, 1.54) is 25.5 Å². The second-order valence-electron chi connectivity index (χ2n) is 9.52. The summed E-state index contributed by atoms with van der Waals surface area (Å²) in [6.45, 7) is 3.88. The van der Waals surface area contributed by atoms with Crippen LogP contribution in [0.4, 0.5) is 9.18 Å². The van der Waals surface area contributed by atoms with Gasteiger partial charge in [-0.25, -0.2) is 14.0 Å². The van der Waals surface area contributed by atoms with Crippen molar-refractivity contribution in [3.05, 3.63) is 98.9 Å². The van der Waals surface area contributed by atoms with Crippen LogP contribution in [0, 0.1) is 5.82 Å². The van der Waals surface area contributed by atoms with Crippen LogP contribution in [0.1, 0.15) is 36.6 Å². The Labute approximate surface area is 262 Å².